The number of nitriles is 1. The second-order valence-corrected chi connectivity index (χ2v) is 4.66. The van der Waals surface area contributed by atoms with Gasteiger partial charge in [-0.05, 0) is 31.7 Å². The molecule has 0 aliphatic rings. The van der Waals surface area contributed by atoms with Crippen molar-refractivity contribution >= 4 is 23.8 Å². The largest absolute Gasteiger partial charge is 0.462 e. The molecule has 18 heavy (non-hydrogen) atoms. The lowest BCUT2D eigenvalue weighted by Crippen LogP contribution is -2.05. The zero-order valence-electron chi connectivity index (χ0n) is 10.6. The molecule has 1 heterocycles. The van der Waals surface area contributed by atoms with E-state index >= 15 is 0 Å². The molecule has 0 amide bonds. The van der Waals surface area contributed by atoms with Crippen molar-refractivity contribution in [3.63, 3.8) is 0 Å². The summed E-state index contributed by atoms with van der Waals surface area (Å²) >= 11 is 1.53. The summed E-state index contributed by atoms with van der Waals surface area (Å²) in [6.07, 6.45) is 1.51. The molecule has 0 N–H and O–H groups in total. The van der Waals surface area contributed by atoms with E-state index in [1.54, 1.807) is 13.0 Å². The maximum Gasteiger partial charge on any atom is 0.348 e. The Morgan fingerprint density at radius 3 is 2.89 bits per heavy atom. The number of carbonyl (C=O) groups excluding carboxylic acids is 1. The van der Waals surface area contributed by atoms with Crippen LogP contribution in [-0.4, -0.2) is 18.3 Å². The Balaban J connectivity index is 3.05. The molecule has 0 aliphatic heterocycles. The number of hydrogen-bond donors (Lipinski definition) is 0. The summed E-state index contributed by atoms with van der Waals surface area (Å²) in [6, 6.07) is 3.65. The molecule has 1 aromatic rings. The Hall–Kier alpha value is -1.67. The highest BCUT2D eigenvalue weighted by atomic mass is 32.2. The molecule has 0 aliphatic carbocycles. The summed E-state index contributed by atoms with van der Waals surface area (Å²) in [4.78, 5) is 11.5. The fraction of sp³-hybridized carbons (Fsp3) is 0.385. The lowest BCUT2D eigenvalue weighted by atomic mass is 10.2. The van der Waals surface area contributed by atoms with Crippen molar-refractivity contribution in [1.29, 1.82) is 5.26 Å². The van der Waals surface area contributed by atoms with Gasteiger partial charge >= 0.3 is 5.97 Å². The Morgan fingerprint density at radius 1 is 1.61 bits per heavy atom. The monoisotopic (exact) mass is 265 g/mol. The highest BCUT2D eigenvalue weighted by Gasteiger charge is 2.13. The van der Waals surface area contributed by atoms with E-state index < -0.39 is 5.97 Å². The van der Waals surface area contributed by atoms with Crippen LogP contribution in [0.2, 0.25) is 0 Å². The van der Waals surface area contributed by atoms with Crippen molar-refractivity contribution in [2.24, 2.45) is 0 Å². The minimum Gasteiger partial charge on any atom is -0.462 e. The summed E-state index contributed by atoms with van der Waals surface area (Å²) in [5.74, 6) is 0.999. The molecular formula is C13H15NO3S. The Labute approximate surface area is 111 Å². The maximum absolute atomic E-state index is 11.5. The summed E-state index contributed by atoms with van der Waals surface area (Å²) in [6.45, 7) is 5.78. The second kappa shape index (κ2) is 6.92. The van der Waals surface area contributed by atoms with Gasteiger partial charge < -0.3 is 9.15 Å². The minimum absolute atomic E-state index is 0.0180. The molecule has 4 nitrogen and oxygen atoms in total. The summed E-state index contributed by atoms with van der Waals surface area (Å²) in [5.41, 5.74) is 0.722. The number of furan rings is 1. The molecule has 0 spiro atoms. The van der Waals surface area contributed by atoms with E-state index in [0.29, 0.717) is 5.09 Å². The van der Waals surface area contributed by atoms with E-state index in [9.17, 15) is 4.79 Å². The molecule has 0 fully saturated rings. The Kier molecular flexibility index (Phi) is 5.53. The van der Waals surface area contributed by atoms with Crippen LogP contribution in [-0.2, 0) is 9.53 Å². The fourth-order valence-electron chi connectivity index (χ4n) is 1.36. The molecule has 0 bridgehead atoms. The van der Waals surface area contributed by atoms with Crippen LogP contribution in [0.1, 0.15) is 25.2 Å². The number of carbonyl (C=O) groups is 1. The average Bonchev–Trinajstić information content (AvgIpc) is 2.67. The van der Waals surface area contributed by atoms with E-state index in [1.165, 1.54) is 17.8 Å². The lowest BCUT2D eigenvalue weighted by Gasteiger charge is -1.99. The number of thioether (sulfide) groups is 1. The molecule has 1 rings (SSSR count). The quantitative estimate of drug-likeness (QED) is 0.354. The van der Waals surface area contributed by atoms with Gasteiger partial charge in [0.05, 0.1) is 6.61 Å². The third-order valence-electron chi connectivity index (χ3n) is 2.04. The predicted octanol–water partition coefficient (Wildman–Crippen LogP) is 3.17. The first-order valence-electron chi connectivity index (χ1n) is 5.64. The molecule has 0 unspecified atom stereocenters. The van der Waals surface area contributed by atoms with Crippen molar-refractivity contribution in [2.45, 2.75) is 25.9 Å². The molecular weight excluding hydrogens is 250 g/mol. The van der Waals surface area contributed by atoms with Crippen molar-refractivity contribution in [2.75, 3.05) is 12.4 Å². The first kappa shape index (κ1) is 14.4. The molecule has 0 radical (unpaired) electrons. The number of esters is 1. The first-order chi connectivity index (χ1) is 8.62. The third kappa shape index (κ3) is 3.67. The number of nitrogens with zero attached hydrogens (tertiary/aromatic N) is 1. The number of hydrogen-bond acceptors (Lipinski definition) is 5. The van der Waals surface area contributed by atoms with Crippen LogP contribution in [0.3, 0.4) is 0 Å². The molecule has 5 heteroatoms. The van der Waals surface area contributed by atoms with E-state index in [-0.39, 0.29) is 12.2 Å². The van der Waals surface area contributed by atoms with Gasteiger partial charge in [0.25, 0.3) is 0 Å². The SMILES string of the molecule is CCOC(=O)C(C#N)=Cc1cc(C)oc1SCC. The Bertz CT molecular complexity index is 497. The average molecular weight is 265 g/mol. The zero-order valence-corrected chi connectivity index (χ0v) is 11.5. The van der Waals surface area contributed by atoms with Gasteiger partial charge in [0, 0.05) is 5.56 Å². The van der Waals surface area contributed by atoms with E-state index in [4.69, 9.17) is 14.4 Å². The molecule has 0 aromatic carbocycles. The van der Waals surface area contributed by atoms with Gasteiger partial charge in [-0.25, -0.2) is 4.79 Å². The Morgan fingerprint density at radius 2 is 2.33 bits per heavy atom. The maximum atomic E-state index is 11.5. The van der Waals surface area contributed by atoms with E-state index in [0.717, 1.165) is 17.1 Å². The summed E-state index contributed by atoms with van der Waals surface area (Å²) in [7, 11) is 0. The normalized spacial score (nSPS) is 11.1. The fourth-order valence-corrected chi connectivity index (χ4v) is 2.10. The van der Waals surface area contributed by atoms with Gasteiger partial charge in [-0.3, -0.25) is 0 Å². The third-order valence-corrected chi connectivity index (χ3v) is 2.91. The summed E-state index contributed by atoms with van der Waals surface area (Å²) < 4.78 is 10.3. The number of aryl methyl sites for hydroxylation is 1. The van der Waals surface area contributed by atoms with Crippen LogP contribution in [0.5, 0.6) is 0 Å². The van der Waals surface area contributed by atoms with Gasteiger partial charge in [-0.1, -0.05) is 18.7 Å². The van der Waals surface area contributed by atoms with Gasteiger partial charge in [-0.2, -0.15) is 5.26 Å². The van der Waals surface area contributed by atoms with Crippen molar-refractivity contribution in [3.8, 4) is 6.07 Å². The number of ether oxygens (including phenoxy) is 1. The van der Waals surface area contributed by atoms with Crippen LogP contribution in [0, 0.1) is 18.3 Å². The highest BCUT2D eigenvalue weighted by Crippen LogP contribution is 2.28. The number of rotatable bonds is 5. The van der Waals surface area contributed by atoms with Crippen molar-refractivity contribution in [1.82, 2.24) is 0 Å². The second-order valence-electron chi connectivity index (χ2n) is 3.42. The predicted molar refractivity (Wildman–Crippen MR) is 70.1 cm³/mol. The van der Waals surface area contributed by atoms with E-state index in [1.807, 2.05) is 19.9 Å². The minimum atomic E-state index is -0.605. The van der Waals surface area contributed by atoms with Crippen LogP contribution < -0.4 is 0 Å². The molecule has 1 aromatic heterocycles. The molecule has 96 valence electrons. The summed E-state index contributed by atoms with van der Waals surface area (Å²) in [5, 5.41) is 9.67. The van der Waals surface area contributed by atoms with Crippen LogP contribution in [0.15, 0.2) is 21.1 Å². The van der Waals surface area contributed by atoms with Gasteiger partial charge in [-0.15, -0.1) is 0 Å². The van der Waals surface area contributed by atoms with Gasteiger partial charge in [0.2, 0.25) is 0 Å². The van der Waals surface area contributed by atoms with Crippen molar-refractivity contribution in [3.05, 3.63) is 23.0 Å². The van der Waals surface area contributed by atoms with Crippen LogP contribution >= 0.6 is 11.8 Å². The molecule has 0 saturated heterocycles. The van der Waals surface area contributed by atoms with Gasteiger partial charge in [0.15, 0.2) is 5.09 Å². The first-order valence-corrected chi connectivity index (χ1v) is 6.63. The molecule has 0 atom stereocenters. The van der Waals surface area contributed by atoms with Gasteiger partial charge in [0.1, 0.15) is 17.4 Å². The lowest BCUT2D eigenvalue weighted by molar-refractivity contribution is -0.137. The highest BCUT2D eigenvalue weighted by molar-refractivity contribution is 7.99. The topological polar surface area (TPSA) is 63.2 Å². The molecule has 0 saturated carbocycles. The smallest absolute Gasteiger partial charge is 0.348 e. The zero-order chi connectivity index (χ0) is 13.5. The standard InChI is InChI=1S/C13H15NO3S/c1-4-16-12(15)11(8-14)7-10-6-9(3)17-13(10)18-5-2/h6-7H,4-5H2,1-3H3. The van der Waals surface area contributed by atoms with Crippen molar-refractivity contribution < 1.29 is 13.9 Å². The van der Waals surface area contributed by atoms with E-state index in [2.05, 4.69) is 0 Å². The van der Waals surface area contributed by atoms with Crippen LogP contribution in [0.25, 0.3) is 6.08 Å². The van der Waals surface area contributed by atoms with Crippen LogP contribution in [0.4, 0.5) is 0 Å².